The first kappa shape index (κ1) is 27.9. The highest BCUT2D eigenvalue weighted by Gasteiger charge is 2.24. The fraction of sp³-hybridized carbons (Fsp3) is 0.250. The van der Waals surface area contributed by atoms with Gasteiger partial charge in [0.2, 0.25) is 0 Å². The summed E-state index contributed by atoms with van der Waals surface area (Å²) in [4.78, 5) is 39.0. The summed E-state index contributed by atoms with van der Waals surface area (Å²) in [5.74, 6) is -1.10. The summed E-state index contributed by atoms with van der Waals surface area (Å²) in [5.41, 5.74) is 9.63. The molecule has 0 aliphatic rings. The maximum absolute atomic E-state index is 13.5. The van der Waals surface area contributed by atoms with Gasteiger partial charge in [-0.25, -0.2) is 4.79 Å². The molecule has 0 unspecified atom stereocenters. The molecule has 0 spiro atoms. The number of hydrogen-bond acceptors (Lipinski definition) is 8. The number of nitrogens with one attached hydrogen (secondary N) is 2. The Morgan fingerprint density at radius 3 is 1.45 bits per heavy atom. The van der Waals surface area contributed by atoms with Gasteiger partial charge in [0.1, 0.15) is 5.56 Å². The molecule has 0 aliphatic heterocycles. The SMILES string of the molecule is COC(=O)c1cc(C)cc(NC(=O)c2cc(C)cc(NC(=O)c3cc(C)cc(N)c3OC)c2OC)c1OC. The molecule has 0 bridgehead atoms. The lowest BCUT2D eigenvalue weighted by molar-refractivity contribution is 0.0596. The van der Waals surface area contributed by atoms with Crippen LogP contribution < -0.4 is 30.6 Å². The number of anilines is 3. The third-order valence-electron chi connectivity index (χ3n) is 5.73. The average molecular weight is 522 g/mol. The first-order valence-corrected chi connectivity index (χ1v) is 11.6. The van der Waals surface area contributed by atoms with Gasteiger partial charge in [-0.15, -0.1) is 0 Å². The number of hydrogen-bond donors (Lipinski definition) is 3. The van der Waals surface area contributed by atoms with Crippen LogP contribution in [0.3, 0.4) is 0 Å². The van der Waals surface area contributed by atoms with Gasteiger partial charge in [-0.05, 0) is 73.9 Å². The molecular weight excluding hydrogens is 490 g/mol. The molecule has 0 aliphatic carbocycles. The van der Waals surface area contributed by atoms with Crippen LogP contribution in [-0.2, 0) is 4.74 Å². The van der Waals surface area contributed by atoms with Crippen molar-refractivity contribution >= 4 is 34.8 Å². The van der Waals surface area contributed by atoms with Crippen molar-refractivity contribution in [1.29, 1.82) is 0 Å². The predicted molar refractivity (Wildman–Crippen MR) is 145 cm³/mol. The van der Waals surface area contributed by atoms with Crippen LogP contribution in [0.2, 0.25) is 0 Å². The topological polar surface area (TPSA) is 138 Å². The number of nitrogens with two attached hydrogens (primary N) is 1. The highest BCUT2D eigenvalue weighted by Crippen LogP contribution is 2.36. The Balaban J connectivity index is 2.03. The number of nitrogen functional groups attached to an aromatic ring is 1. The molecule has 200 valence electrons. The average Bonchev–Trinajstić information content (AvgIpc) is 2.87. The molecule has 0 saturated heterocycles. The van der Waals surface area contributed by atoms with Gasteiger partial charge in [0.15, 0.2) is 17.2 Å². The second-order valence-electron chi connectivity index (χ2n) is 8.62. The maximum Gasteiger partial charge on any atom is 0.341 e. The van der Waals surface area contributed by atoms with E-state index in [4.69, 9.17) is 24.7 Å². The number of methoxy groups -OCH3 is 4. The quantitative estimate of drug-likeness (QED) is 0.291. The van der Waals surface area contributed by atoms with Crippen LogP contribution in [0.15, 0.2) is 36.4 Å². The monoisotopic (exact) mass is 521 g/mol. The summed E-state index contributed by atoms with van der Waals surface area (Å²) in [6.45, 7) is 5.36. The van der Waals surface area contributed by atoms with Gasteiger partial charge in [0.25, 0.3) is 11.8 Å². The normalized spacial score (nSPS) is 10.4. The summed E-state index contributed by atoms with van der Waals surface area (Å²) >= 11 is 0. The molecular formula is C28H31N3O7. The molecule has 0 heterocycles. The highest BCUT2D eigenvalue weighted by molar-refractivity contribution is 6.12. The molecule has 0 aromatic heterocycles. The minimum absolute atomic E-state index is 0.140. The van der Waals surface area contributed by atoms with E-state index in [1.165, 1.54) is 28.4 Å². The van der Waals surface area contributed by atoms with Crippen molar-refractivity contribution in [3.63, 3.8) is 0 Å². The van der Waals surface area contributed by atoms with E-state index in [1.54, 1.807) is 50.2 Å². The lowest BCUT2D eigenvalue weighted by atomic mass is 10.0. The summed E-state index contributed by atoms with van der Waals surface area (Å²) in [7, 11) is 5.47. The molecule has 3 aromatic carbocycles. The largest absolute Gasteiger partial charge is 0.494 e. The van der Waals surface area contributed by atoms with Crippen LogP contribution in [0.25, 0.3) is 0 Å². The molecule has 2 amide bonds. The Hall–Kier alpha value is -4.73. The molecule has 10 nitrogen and oxygen atoms in total. The molecule has 0 saturated carbocycles. The van der Waals surface area contributed by atoms with E-state index in [9.17, 15) is 14.4 Å². The molecule has 4 N–H and O–H groups in total. The molecule has 3 rings (SSSR count). The van der Waals surface area contributed by atoms with E-state index < -0.39 is 17.8 Å². The lowest BCUT2D eigenvalue weighted by Gasteiger charge is -2.18. The van der Waals surface area contributed by atoms with Crippen molar-refractivity contribution in [3.8, 4) is 17.2 Å². The number of amides is 2. The molecule has 3 aromatic rings. The Bertz CT molecular complexity index is 1420. The predicted octanol–water partition coefficient (Wildman–Crippen LogP) is 4.51. The fourth-order valence-electron chi connectivity index (χ4n) is 4.18. The number of esters is 1. The second-order valence-corrected chi connectivity index (χ2v) is 8.62. The van der Waals surface area contributed by atoms with Crippen LogP contribution >= 0.6 is 0 Å². The van der Waals surface area contributed by atoms with Crippen molar-refractivity contribution < 1.29 is 33.3 Å². The molecule has 0 radical (unpaired) electrons. The third-order valence-corrected chi connectivity index (χ3v) is 5.73. The standard InChI is InChI=1S/C28H31N3O7/c1-14-8-17(23(35-4)20(29)11-14)26(32)30-21-12-15(2)9-18(24(21)36-5)27(33)31-22-13-16(3)10-19(25(22)37-6)28(34)38-7/h8-13H,29H2,1-7H3,(H,30,32)(H,31,33). The highest BCUT2D eigenvalue weighted by atomic mass is 16.5. The van der Waals surface area contributed by atoms with Crippen LogP contribution in [0.1, 0.15) is 47.8 Å². The van der Waals surface area contributed by atoms with E-state index in [0.29, 0.717) is 16.8 Å². The first-order chi connectivity index (χ1) is 18.0. The number of aryl methyl sites for hydroxylation is 3. The van der Waals surface area contributed by atoms with Crippen LogP contribution in [-0.4, -0.2) is 46.2 Å². The Labute approximate surface area is 221 Å². The molecule has 0 atom stereocenters. The number of ether oxygens (including phenoxy) is 4. The lowest BCUT2D eigenvalue weighted by Crippen LogP contribution is -2.18. The van der Waals surface area contributed by atoms with E-state index in [-0.39, 0.29) is 45.3 Å². The number of rotatable bonds is 8. The van der Waals surface area contributed by atoms with Crippen LogP contribution in [0, 0.1) is 20.8 Å². The van der Waals surface area contributed by atoms with E-state index in [0.717, 1.165) is 5.56 Å². The second kappa shape index (κ2) is 11.5. The summed E-state index contributed by atoms with van der Waals surface area (Å²) in [6, 6.07) is 9.94. The zero-order chi connectivity index (χ0) is 28.1. The first-order valence-electron chi connectivity index (χ1n) is 11.6. The van der Waals surface area contributed by atoms with Gasteiger partial charge in [0.05, 0.1) is 56.6 Å². The van der Waals surface area contributed by atoms with Gasteiger partial charge in [0, 0.05) is 0 Å². The summed E-state index contributed by atoms with van der Waals surface area (Å²) < 4.78 is 21.1. The van der Waals surface area contributed by atoms with Crippen LogP contribution in [0.5, 0.6) is 17.2 Å². The van der Waals surface area contributed by atoms with E-state index >= 15 is 0 Å². The summed E-state index contributed by atoms with van der Waals surface area (Å²) in [6.07, 6.45) is 0. The zero-order valence-corrected chi connectivity index (χ0v) is 22.4. The van der Waals surface area contributed by atoms with Gasteiger partial charge in [-0.3, -0.25) is 9.59 Å². The minimum atomic E-state index is -0.605. The third kappa shape index (κ3) is 5.64. The Kier molecular flexibility index (Phi) is 8.46. The van der Waals surface area contributed by atoms with Crippen molar-refractivity contribution in [2.75, 3.05) is 44.8 Å². The van der Waals surface area contributed by atoms with Crippen molar-refractivity contribution in [1.82, 2.24) is 0 Å². The number of carbonyl (C=O) groups excluding carboxylic acids is 3. The summed E-state index contributed by atoms with van der Waals surface area (Å²) in [5, 5.41) is 5.59. The minimum Gasteiger partial charge on any atom is -0.494 e. The number of carbonyl (C=O) groups is 3. The van der Waals surface area contributed by atoms with E-state index in [2.05, 4.69) is 10.6 Å². The van der Waals surface area contributed by atoms with Gasteiger partial charge >= 0.3 is 5.97 Å². The van der Waals surface area contributed by atoms with Crippen molar-refractivity contribution in [2.45, 2.75) is 20.8 Å². The van der Waals surface area contributed by atoms with Crippen LogP contribution in [0.4, 0.5) is 17.1 Å². The van der Waals surface area contributed by atoms with Crippen molar-refractivity contribution in [3.05, 3.63) is 69.8 Å². The zero-order valence-electron chi connectivity index (χ0n) is 22.4. The fourth-order valence-corrected chi connectivity index (χ4v) is 4.18. The van der Waals surface area contributed by atoms with Gasteiger partial charge in [-0.1, -0.05) is 0 Å². The van der Waals surface area contributed by atoms with E-state index in [1.807, 2.05) is 6.92 Å². The Morgan fingerprint density at radius 1 is 0.605 bits per heavy atom. The number of benzene rings is 3. The Morgan fingerprint density at radius 2 is 1.00 bits per heavy atom. The van der Waals surface area contributed by atoms with Crippen molar-refractivity contribution in [2.24, 2.45) is 0 Å². The van der Waals surface area contributed by atoms with Gasteiger partial charge in [-0.2, -0.15) is 0 Å². The maximum atomic E-state index is 13.5. The van der Waals surface area contributed by atoms with Gasteiger partial charge < -0.3 is 35.3 Å². The molecule has 38 heavy (non-hydrogen) atoms. The molecule has 10 heteroatoms. The smallest absolute Gasteiger partial charge is 0.341 e. The molecule has 0 fully saturated rings.